The van der Waals surface area contributed by atoms with Gasteiger partial charge in [0, 0.05) is 23.3 Å². The second-order valence-corrected chi connectivity index (χ2v) is 6.26. The van der Waals surface area contributed by atoms with E-state index in [9.17, 15) is 4.79 Å². The molecule has 2 unspecified atom stereocenters. The van der Waals surface area contributed by atoms with Gasteiger partial charge in [0.1, 0.15) is 0 Å². The van der Waals surface area contributed by atoms with Gasteiger partial charge in [0.2, 0.25) is 5.91 Å². The number of nitrogens with zero attached hydrogens (tertiary/aromatic N) is 1. The Morgan fingerprint density at radius 3 is 2.94 bits per heavy atom. The molecule has 1 heterocycles. The largest absolute Gasteiger partial charge is 0.341 e. The van der Waals surface area contributed by atoms with Crippen molar-refractivity contribution in [1.29, 1.82) is 0 Å². The van der Waals surface area contributed by atoms with Crippen LogP contribution in [0.15, 0.2) is 29.2 Å². The number of benzene rings is 1. The fraction of sp³-hybridized carbons (Fsp3) is 0.462. The molecule has 2 rings (SSSR count). The SMILES string of the molecule is CC(CBr)N(C)C(=O)C1Cc2ccccc2S1. The fourth-order valence-corrected chi connectivity index (χ4v) is 3.60. The lowest BCUT2D eigenvalue weighted by molar-refractivity contribution is -0.130. The Morgan fingerprint density at radius 1 is 1.59 bits per heavy atom. The molecule has 2 atom stereocenters. The Hall–Kier alpha value is -0.480. The maximum absolute atomic E-state index is 12.3. The zero-order valence-corrected chi connectivity index (χ0v) is 12.4. The van der Waals surface area contributed by atoms with E-state index in [0.717, 1.165) is 11.8 Å². The third-order valence-electron chi connectivity index (χ3n) is 3.15. The number of fused-ring (bicyclic) bond motifs is 1. The van der Waals surface area contributed by atoms with Crippen molar-refractivity contribution in [2.45, 2.75) is 29.5 Å². The predicted molar refractivity (Wildman–Crippen MR) is 75.8 cm³/mol. The molecule has 1 amide bonds. The van der Waals surface area contributed by atoms with Crippen molar-refractivity contribution in [3.8, 4) is 0 Å². The van der Waals surface area contributed by atoms with Gasteiger partial charge in [0.05, 0.1) is 5.25 Å². The molecule has 0 bridgehead atoms. The van der Waals surface area contributed by atoms with E-state index in [2.05, 4.69) is 35.0 Å². The van der Waals surface area contributed by atoms with Gasteiger partial charge < -0.3 is 4.90 Å². The van der Waals surface area contributed by atoms with Crippen LogP contribution in [0.3, 0.4) is 0 Å². The first-order chi connectivity index (χ1) is 8.13. The van der Waals surface area contributed by atoms with E-state index in [0.29, 0.717) is 0 Å². The zero-order chi connectivity index (χ0) is 12.4. The number of hydrogen-bond donors (Lipinski definition) is 0. The second-order valence-electron chi connectivity index (χ2n) is 4.37. The van der Waals surface area contributed by atoms with E-state index in [1.54, 1.807) is 11.8 Å². The molecule has 1 aromatic carbocycles. The summed E-state index contributed by atoms with van der Waals surface area (Å²) in [5.41, 5.74) is 1.30. The Labute approximate surface area is 115 Å². The molecule has 17 heavy (non-hydrogen) atoms. The molecule has 0 radical (unpaired) electrons. The highest BCUT2D eigenvalue weighted by Crippen LogP contribution is 2.37. The number of thioether (sulfide) groups is 1. The van der Waals surface area contributed by atoms with Gasteiger partial charge in [0.15, 0.2) is 0 Å². The maximum atomic E-state index is 12.3. The first-order valence-corrected chi connectivity index (χ1v) is 7.70. The maximum Gasteiger partial charge on any atom is 0.236 e. The van der Waals surface area contributed by atoms with Crippen LogP contribution >= 0.6 is 27.7 Å². The van der Waals surface area contributed by atoms with Crippen molar-refractivity contribution in [2.75, 3.05) is 12.4 Å². The molecule has 92 valence electrons. The van der Waals surface area contributed by atoms with E-state index in [1.807, 2.05) is 24.1 Å². The number of rotatable bonds is 3. The summed E-state index contributed by atoms with van der Waals surface area (Å²) >= 11 is 5.11. The summed E-state index contributed by atoms with van der Waals surface area (Å²) in [6, 6.07) is 8.53. The van der Waals surface area contributed by atoms with Gasteiger partial charge in [0.25, 0.3) is 0 Å². The Balaban J connectivity index is 2.05. The Kier molecular flexibility index (Phi) is 4.15. The van der Waals surface area contributed by atoms with E-state index in [4.69, 9.17) is 0 Å². The van der Waals surface area contributed by atoms with Crippen molar-refractivity contribution in [1.82, 2.24) is 4.90 Å². The first kappa shape index (κ1) is 13.0. The summed E-state index contributed by atoms with van der Waals surface area (Å²) in [5.74, 6) is 0.234. The molecular formula is C13H16BrNOS. The molecule has 1 aliphatic rings. The first-order valence-electron chi connectivity index (χ1n) is 5.70. The average molecular weight is 314 g/mol. The number of carbonyl (C=O) groups excluding carboxylic acids is 1. The molecule has 0 saturated carbocycles. The molecular weight excluding hydrogens is 298 g/mol. The van der Waals surface area contributed by atoms with Crippen LogP contribution in [0.5, 0.6) is 0 Å². The highest BCUT2D eigenvalue weighted by atomic mass is 79.9. The summed E-state index contributed by atoms with van der Waals surface area (Å²) in [6.07, 6.45) is 0.860. The van der Waals surface area contributed by atoms with Crippen LogP contribution in [0, 0.1) is 0 Å². The lowest BCUT2D eigenvalue weighted by atomic mass is 10.1. The van der Waals surface area contributed by atoms with Crippen molar-refractivity contribution >= 4 is 33.6 Å². The van der Waals surface area contributed by atoms with Crippen LogP contribution in [-0.2, 0) is 11.2 Å². The highest BCUT2D eigenvalue weighted by molar-refractivity contribution is 9.09. The van der Waals surface area contributed by atoms with Gasteiger partial charge in [-0.2, -0.15) is 0 Å². The third-order valence-corrected chi connectivity index (χ3v) is 5.40. The van der Waals surface area contributed by atoms with Crippen LogP contribution in [0.4, 0.5) is 0 Å². The number of hydrogen-bond acceptors (Lipinski definition) is 2. The summed E-state index contributed by atoms with van der Waals surface area (Å²) in [5, 5.41) is 0.874. The van der Waals surface area contributed by atoms with Crippen LogP contribution in [0.25, 0.3) is 0 Å². The monoisotopic (exact) mass is 313 g/mol. The summed E-state index contributed by atoms with van der Waals surface area (Å²) in [4.78, 5) is 15.4. The molecule has 2 nitrogen and oxygen atoms in total. The number of alkyl halides is 1. The van der Waals surface area contributed by atoms with E-state index in [1.165, 1.54) is 10.5 Å². The van der Waals surface area contributed by atoms with E-state index >= 15 is 0 Å². The lowest BCUT2D eigenvalue weighted by Crippen LogP contribution is -2.41. The van der Waals surface area contributed by atoms with Crippen molar-refractivity contribution in [3.63, 3.8) is 0 Å². The smallest absolute Gasteiger partial charge is 0.236 e. The highest BCUT2D eigenvalue weighted by Gasteiger charge is 2.31. The summed E-state index contributed by atoms with van der Waals surface area (Å²) in [7, 11) is 1.89. The third kappa shape index (κ3) is 2.68. The minimum Gasteiger partial charge on any atom is -0.341 e. The van der Waals surface area contributed by atoms with Crippen LogP contribution in [0.1, 0.15) is 12.5 Å². The molecule has 4 heteroatoms. The molecule has 0 aromatic heterocycles. The van der Waals surface area contributed by atoms with Gasteiger partial charge >= 0.3 is 0 Å². The van der Waals surface area contributed by atoms with E-state index < -0.39 is 0 Å². The predicted octanol–water partition coefficient (Wildman–Crippen LogP) is 2.95. The van der Waals surface area contributed by atoms with Crippen LogP contribution in [0.2, 0.25) is 0 Å². The Morgan fingerprint density at radius 2 is 2.29 bits per heavy atom. The number of halogens is 1. The average Bonchev–Trinajstić information content (AvgIpc) is 2.79. The zero-order valence-electron chi connectivity index (χ0n) is 10.0. The quantitative estimate of drug-likeness (QED) is 0.800. The molecule has 1 aliphatic heterocycles. The minimum atomic E-state index is 0.0545. The van der Waals surface area contributed by atoms with Gasteiger partial charge in [-0.3, -0.25) is 4.79 Å². The molecule has 1 aromatic rings. The molecule has 0 spiro atoms. The van der Waals surface area contributed by atoms with Crippen molar-refractivity contribution in [3.05, 3.63) is 29.8 Å². The van der Waals surface area contributed by atoms with Gasteiger partial charge in [-0.25, -0.2) is 0 Å². The Bertz CT molecular complexity index is 399. The van der Waals surface area contributed by atoms with Gasteiger partial charge in [-0.15, -0.1) is 11.8 Å². The van der Waals surface area contributed by atoms with Crippen molar-refractivity contribution < 1.29 is 4.79 Å². The molecule has 0 saturated heterocycles. The van der Waals surface area contributed by atoms with Crippen LogP contribution < -0.4 is 0 Å². The second kappa shape index (κ2) is 5.44. The van der Waals surface area contributed by atoms with Crippen LogP contribution in [-0.4, -0.2) is 34.5 Å². The molecule has 0 aliphatic carbocycles. The summed E-state index contributed by atoms with van der Waals surface area (Å²) in [6.45, 7) is 2.05. The number of amides is 1. The fourth-order valence-electron chi connectivity index (χ4n) is 1.87. The molecule has 0 N–H and O–H groups in total. The topological polar surface area (TPSA) is 20.3 Å². The molecule has 0 fully saturated rings. The lowest BCUT2D eigenvalue weighted by Gasteiger charge is -2.25. The van der Waals surface area contributed by atoms with Crippen molar-refractivity contribution in [2.24, 2.45) is 0 Å². The van der Waals surface area contributed by atoms with Gasteiger partial charge in [-0.05, 0) is 25.0 Å². The normalized spacial score (nSPS) is 19.8. The number of carbonyl (C=O) groups is 1. The van der Waals surface area contributed by atoms with Gasteiger partial charge in [-0.1, -0.05) is 34.1 Å². The minimum absolute atomic E-state index is 0.0545. The summed E-state index contributed by atoms with van der Waals surface area (Å²) < 4.78 is 0. The van der Waals surface area contributed by atoms with E-state index in [-0.39, 0.29) is 17.2 Å². The standard InChI is InChI=1S/C13H16BrNOS/c1-9(8-14)15(2)13(16)12-7-10-5-3-4-6-11(10)17-12/h3-6,9,12H,7-8H2,1-2H3.